The summed E-state index contributed by atoms with van der Waals surface area (Å²) in [4.78, 5) is 31.1. The van der Waals surface area contributed by atoms with Gasteiger partial charge in [-0.3, -0.25) is 9.59 Å². The second-order valence-corrected chi connectivity index (χ2v) is 8.77. The summed E-state index contributed by atoms with van der Waals surface area (Å²) in [5.74, 6) is 0.416. The van der Waals surface area contributed by atoms with Crippen molar-refractivity contribution < 1.29 is 19.8 Å². The molecule has 2 heterocycles. The van der Waals surface area contributed by atoms with Gasteiger partial charge in [-0.25, -0.2) is 4.98 Å². The molecule has 0 fully saturated rings. The van der Waals surface area contributed by atoms with E-state index < -0.39 is 6.04 Å². The number of pyridine rings is 1. The molecule has 0 bridgehead atoms. The van der Waals surface area contributed by atoms with Crippen LogP contribution in [0.15, 0.2) is 66.9 Å². The summed E-state index contributed by atoms with van der Waals surface area (Å²) in [6, 6.07) is 18.2. The Morgan fingerprint density at radius 3 is 2.40 bits per heavy atom. The van der Waals surface area contributed by atoms with Crippen molar-refractivity contribution in [2.75, 3.05) is 23.4 Å². The third-order valence-electron chi connectivity index (χ3n) is 6.26. The molecule has 2 unspecified atom stereocenters. The largest absolute Gasteiger partial charge is 0.394 e. The third kappa shape index (κ3) is 5.34. The molecule has 4 N–H and O–H groups in total. The highest BCUT2D eigenvalue weighted by Gasteiger charge is 2.32. The molecule has 1 aliphatic heterocycles. The smallest absolute Gasteiger partial charge is 0.251 e. The van der Waals surface area contributed by atoms with Crippen LogP contribution in [0.2, 0.25) is 0 Å². The number of aromatic nitrogens is 1. The molecule has 0 radical (unpaired) electrons. The third-order valence-corrected chi connectivity index (χ3v) is 6.26. The maximum atomic E-state index is 12.4. The van der Waals surface area contributed by atoms with Gasteiger partial charge in [0.25, 0.3) is 5.91 Å². The Morgan fingerprint density at radius 1 is 1.06 bits per heavy atom. The van der Waals surface area contributed by atoms with Crippen molar-refractivity contribution in [2.45, 2.75) is 38.4 Å². The fraction of sp³-hybridized carbons (Fsp3) is 0.296. The van der Waals surface area contributed by atoms with Gasteiger partial charge in [0.05, 0.1) is 25.3 Å². The Morgan fingerprint density at radius 2 is 1.77 bits per heavy atom. The SMILES string of the molecule is CC(=O)N1c2ccc(-c3ccc(C(=O)NC(CO)CO)cc3)cc2C(Nc2ccccn2)CC1C. The molecule has 2 aromatic carbocycles. The predicted molar refractivity (Wildman–Crippen MR) is 135 cm³/mol. The van der Waals surface area contributed by atoms with Gasteiger partial charge in [-0.1, -0.05) is 24.3 Å². The van der Waals surface area contributed by atoms with Gasteiger partial charge in [0.15, 0.2) is 0 Å². The van der Waals surface area contributed by atoms with E-state index in [1.54, 1.807) is 25.3 Å². The Bertz CT molecular complexity index is 1180. The van der Waals surface area contributed by atoms with Crippen molar-refractivity contribution in [1.29, 1.82) is 0 Å². The molecule has 3 aromatic rings. The summed E-state index contributed by atoms with van der Waals surface area (Å²) in [7, 11) is 0. The van der Waals surface area contributed by atoms with Gasteiger partial charge in [0, 0.05) is 30.4 Å². The molecular formula is C27H30N4O4. The van der Waals surface area contributed by atoms with Crippen molar-refractivity contribution in [3.05, 3.63) is 78.0 Å². The van der Waals surface area contributed by atoms with Crippen LogP contribution in [-0.4, -0.2) is 52.3 Å². The summed E-state index contributed by atoms with van der Waals surface area (Å²) in [6.45, 7) is 2.97. The van der Waals surface area contributed by atoms with Crippen LogP contribution in [0.5, 0.6) is 0 Å². The van der Waals surface area contributed by atoms with Gasteiger partial charge in [-0.2, -0.15) is 0 Å². The molecular weight excluding hydrogens is 444 g/mol. The van der Waals surface area contributed by atoms with Crippen LogP contribution in [0.3, 0.4) is 0 Å². The first-order valence-corrected chi connectivity index (χ1v) is 11.7. The lowest BCUT2D eigenvalue weighted by Gasteiger charge is -2.39. The van der Waals surface area contributed by atoms with Gasteiger partial charge in [-0.05, 0) is 66.4 Å². The number of aliphatic hydroxyl groups is 2. The van der Waals surface area contributed by atoms with Crippen molar-refractivity contribution in [3.63, 3.8) is 0 Å². The Labute approximate surface area is 204 Å². The normalized spacial score (nSPS) is 17.1. The number of nitrogens with one attached hydrogen (secondary N) is 2. The van der Waals surface area contributed by atoms with E-state index in [1.165, 1.54) is 0 Å². The number of benzene rings is 2. The molecule has 2 amide bonds. The van der Waals surface area contributed by atoms with E-state index in [4.69, 9.17) is 0 Å². The van der Waals surface area contributed by atoms with Crippen LogP contribution in [0.25, 0.3) is 11.1 Å². The number of rotatable bonds is 7. The van der Waals surface area contributed by atoms with E-state index in [1.807, 2.05) is 54.3 Å². The number of carbonyl (C=O) groups excluding carboxylic acids is 2. The monoisotopic (exact) mass is 474 g/mol. The molecule has 1 aliphatic rings. The number of hydrogen-bond donors (Lipinski definition) is 4. The lowest BCUT2D eigenvalue weighted by atomic mass is 9.89. The Hall–Kier alpha value is -3.75. The lowest BCUT2D eigenvalue weighted by Crippen LogP contribution is -2.43. The molecule has 8 nitrogen and oxygen atoms in total. The molecule has 1 aromatic heterocycles. The molecule has 35 heavy (non-hydrogen) atoms. The van der Waals surface area contributed by atoms with Gasteiger partial charge >= 0.3 is 0 Å². The minimum absolute atomic E-state index is 0.00205. The first-order valence-electron chi connectivity index (χ1n) is 11.7. The van der Waals surface area contributed by atoms with Gasteiger partial charge in [-0.15, -0.1) is 0 Å². The zero-order valence-electron chi connectivity index (χ0n) is 19.8. The van der Waals surface area contributed by atoms with Gasteiger partial charge in [0.2, 0.25) is 5.91 Å². The number of nitrogens with zero attached hydrogens (tertiary/aromatic N) is 2. The van der Waals surface area contributed by atoms with Crippen molar-refractivity contribution in [3.8, 4) is 11.1 Å². The van der Waals surface area contributed by atoms with Crippen LogP contribution in [0, 0.1) is 0 Å². The highest BCUT2D eigenvalue weighted by Crippen LogP contribution is 2.41. The second kappa shape index (κ2) is 10.7. The maximum Gasteiger partial charge on any atom is 0.251 e. The number of carbonyl (C=O) groups is 2. The molecule has 4 rings (SSSR count). The number of hydrogen-bond acceptors (Lipinski definition) is 6. The summed E-state index contributed by atoms with van der Waals surface area (Å²) in [5.41, 5.74) is 4.21. The average molecular weight is 475 g/mol. The number of aliphatic hydroxyl groups excluding tert-OH is 2. The highest BCUT2D eigenvalue weighted by molar-refractivity contribution is 5.95. The standard InChI is InChI=1S/C27H30N4O4/c1-17-13-24(30-26-5-3-4-12-28-26)23-14-21(10-11-25(23)31(17)18(2)34)19-6-8-20(9-7-19)27(35)29-22(15-32)16-33/h3-12,14,17,22,24,32-33H,13,15-16H2,1-2H3,(H,28,30)(H,29,35). The minimum atomic E-state index is -0.696. The first-order chi connectivity index (χ1) is 16.9. The first kappa shape index (κ1) is 24.4. The van der Waals surface area contributed by atoms with Crippen LogP contribution in [0.4, 0.5) is 11.5 Å². The molecule has 0 saturated carbocycles. The summed E-state index contributed by atoms with van der Waals surface area (Å²) in [5, 5.41) is 24.5. The minimum Gasteiger partial charge on any atom is -0.394 e. The van der Waals surface area contributed by atoms with Crippen LogP contribution in [-0.2, 0) is 4.79 Å². The van der Waals surface area contributed by atoms with Crippen molar-refractivity contribution in [1.82, 2.24) is 10.3 Å². The summed E-state index contributed by atoms with van der Waals surface area (Å²) >= 11 is 0. The lowest BCUT2D eigenvalue weighted by molar-refractivity contribution is -0.117. The van der Waals surface area contributed by atoms with Crippen molar-refractivity contribution in [2.24, 2.45) is 0 Å². The quantitative estimate of drug-likeness (QED) is 0.418. The molecule has 0 spiro atoms. The molecule has 8 heteroatoms. The second-order valence-electron chi connectivity index (χ2n) is 8.77. The van der Waals surface area contributed by atoms with Crippen LogP contribution in [0.1, 0.15) is 42.2 Å². The summed E-state index contributed by atoms with van der Waals surface area (Å²) < 4.78 is 0. The predicted octanol–water partition coefficient (Wildman–Crippen LogP) is 3.13. The fourth-order valence-electron chi connectivity index (χ4n) is 4.52. The Kier molecular flexibility index (Phi) is 7.43. The van der Waals surface area contributed by atoms with E-state index in [0.717, 1.165) is 34.6 Å². The fourth-order valence-corrected chi connectivity index (χ4v) is 4.52. The Balaban J connectivity index is 1.65. The van der Waals surface area contributed by atoms with E-state index in [2.05, 4.69) is 21.7 Å². The average Bonchev–Trinajstić information content (AvgIpc) is 2.87. The zero-order valence-corrected chi connectivity index (χ0v) is 19.8. The number of amides is 2. The summed E-state index contributed by atoms with van der Waals surface area (Å²) in [6.07, 6.45) is 2.48. The molecule has 0 saturated heterocycles. The van der Waals surface area contributed by atoms with Crippen molar-refractivity contribution >= 4 is 23.3 Å². The molecule has 0 aliphatic carbocycles. The zero-order chi connectivity index (χ0) is 24.9. The van der Waals surface area contributed by atoms with Gasteiger partial charge < -0.3 is 25.7 Å². The topological polar surface area (TPSA) is 115 Å². The van der Waals surface area contributed by atoms with E-state index in [9.17, 15) is 19.8 Å². The van der Waals surface area contributed by atoms with Crippen LogP contribution < -0.4 is 15.5 Å². The molecule has 182 valence electrons. The van der Waals surface area contributed by atoms with E-state index in [-0.39, 0.29) is 37.1 Å². The van der Waals surface area contributed by atoms with E-state index >= 15 is 0 Å². The van der Waals surface area contributed by atoms with Gasteiger partial charge in [0.1, 0.15) is 5.82 Å². The number of fused-ring (bicyclic) bond motifs is 1. The maximum absolute atomic E-state index is 12.4. The molecule has 2 atom stereocenters. The van der Waals surface area contributed by atoms with Crippen LogP contribution >= 0.6 is 0 Å². The van der Waals surface area contributed by atoms with E-state index in [0.29, 0.717) is 5.56 Å². The highest BCUT2D eigenvalue weighted by atomic mass is 16.3. The number of anilines is 2.